The summed E-state index contributed by atoms with van der Waals surface area (Å²) in [5.74, 6) is 0.216. The first-order chi connectivity index (χ1) is 13.9. The Morgan fingerprint density at radius 1 is 1.38 bits per heavy atom. The number of primary amides is 1. The highest BCUT2D eigenvalue weighted by molar-refractivity contribution is 5.97. The van der Waals surface area contributed by atoms with Crippen LogP contribution in [0.2, 0.25) is 0 Å². The molecule has 3 N–H and O–H groups in total. The lowest BCUT2D eigenvalue weighted by Gasteiger charge is -2.48. The fourth-order valence-electron chi connectivity index (χ4n) is 4.73. The smallest absolute Gasteiger partial charge is 0.252 e. The third kappa shape index (κ3) is 3.39. The third-order valence-electron chi connectivity index (χ3n) is 6.17. The number of carbonyl (C=O) groups excluding carboxylic acids is 2. The zero-order valence-corrected chi connectivity index (χ0v) is 16.6. The number of hydrogen-bond donors (Lipinski definition) is 2. The van der Waals surface area contributed by atoms with Crippen LogP contribution in [0.3, 0.4) is 0 Å². The number of piperidine rings is 1. The Morgan fingerprint density at radius 2 is 2.14 bits per heavy atom. The number of likely N-dealkylation sites (tertiary alicyclic amines) is 1. The number of nitrogens with two attached hydrogens (primary N) is 1. The molecule has 1 aromatic rings. The molecular weight excluding hydrogens is 366 g/mol. The van der Waals surface area contributed by atoms with Crippen molar-refractivity contribution in [1.29, 1.82) is 5.26 Å². The monoisotopic (exact) mass is 391 g/mol. The highest BCUT2D eigenvalue weighted by Crippen LogP contribution is 2.48. The van der Waals surface area contributed by atoms with Crippen molar-refractivity contribution < 1.29 is 9.59 Å². The predicted octanol–water partition coefficient (Wildman–Crippen LogP) is 2.59. The van der Waals surface area contributed by atoms with E-state index in [4.69, 9.17) is 5.73 Å². The van der Waals surface area contributed by atoms with Crippen LogP contribution in [0.15, 0.2) is 41.8 Å². The number of rotatable bonds is 4. The minimum Gasteiger partial charge on any atom is -0.365 e. The van der Waals surface area contributed by atoms with Gasteiger partial charge in [-0.25, -0.2) is 4.98 Å². The van der Waals surface area contributed by atoms with Crippen molar-refractivity contribution >= 4 is 17.6 Å². The van der Waals surface area contributed by atoms with Crippen molar-refractivity contribution in [2.45, 2.75) is 45.2 Å². The quantitative estimate of drug-likeness (QED) is 0.819. The molecule has 7 heteroatoms. The molecule has 1 aliphatic heterocycles. The van der Waals surface area contributed by atoms with E-state index in [9.17, 15) is 14.9 Å². The van der Waals surface area contributed by atoms with E-state index in [1.165, 1.54) is 0 Å². The number of pyridine rings is 1. The normalized spacial score (nSPS) is 28.5. The van der Waals surface area contributed by atoms with Gasteiger partial charge in [0.1, 0.15) is 5.82 Å². The average Bonchev–Trinajstić information content (AvgIpc) is 3.54. The molecule has 1 saturated carbocycles. The van der Waals surface area contributed by atoms with Crippen LogP contribution in [-0.2, 0) is 4.79 Å². The number of allylic oxidation sites excluding steroid dienone is 2. The van der Waals surface area contributed by atoms with E-state index in [0.717, 1.165) is 24.1 Å². The van der Waals surface area contributed by atoms with Crippen LogP contribution in [0.25, 0.3) is 0 Å². The largest absolute Gasteiger partial charge is 0.365 e. The number of amides is 2. The highest BCUT2D eigenvalue weighted by Gasteiger charge is 2.49. The maximum absolute atomic E-state index is 12.6. The lowest BCUT2D eigenvalue weighted by Crippen LogP contribution is -2.55. The van der Waals surface area contributed by atoms with Crippen LogP contribution in [0.1, 0.15) is 43.5 Å². The summed E-state index contributed by atoms with van der Waals surface area (Å²) in [7, 11) is 0. The van der Waals surface area contributed by atoms with Crippen LogP contribution in [0.5, 0.6) is 0 Å². The first kappa shape index (κ1) is 19.2. The van der Waals surface area contributed by atoms with E-state index in [0.29, 0.717) is 23.7 Å². The molecule has 0 bridgehead atoms. The molecule has 1 unspecified atom stereocenters. The molecule has 2 aliphatic carbocycles. The number of nitrogens with zero attached hydrogens (tertiary/aromatic N) is 3. The lowest BCUT2D eigenvalue weighted by molar-refractivity contribution is -0.131. The van der Waals surface area contributed by atoms with Crippen LogP contribution < -0.4 is 11.1 Å². The summed E-state index contributed by atoms with van der Waals surface area (Å²) >= 11 is 0. The Bertz CT molecular complexity index is 956. The van der Waals surface area contributed by atoms with Crippen molar-refractivity contribution in [3.63, 3.8) is 0 Å². The third-order valence-corrected chi connectivity index (χ3v) is 6.17. The Kier molecular flexibility index (Phi) is 4.87. The van der Waals surface area contributed by atoms with Gasteiger partial charge in [0.05, 0.1) is 23.6 Å². The van der Waals surface area contributed by atoms with Crippen LogP contribution in [0, 0.1) is 29.1 Å². The van der Waals surface area contributed by atoms with Gasteiger partial charge in [0.2, 0.25) is 5.91 Å². The molecular formula is C22H25N5O2. The van der Waals surface area contributed by atoms with E-state index in [1.54, 1.807) is 25.3 Å². The molecule has 3 aliphatic rings. The minimum atomic E-state index is -0.545. The zero-order valence-electron chi connectivity index (χ0n) is 16.6. The summed E-state index contributed by atoms with van der Waals surface area (Å²) in [4.78, 5) is 30.7. The van der Waals surface area contributed by atoms with Crippen molar-refractivity contribution in [1.82, 2.24) is 9.88 Å². The number of carbonyl (C=O) groups is 2. The molecule has 4 rings (SSSR count). The second-order valence-electron chi connectivity index (χ2n) is 8.14. The molecule has 1 saturated heterocycles. The van der Waals surface area contributed by atoms with E-state index < -0.39 is 5.91 Å². The average molecular weight is 391 g/mol. The standard InChI is InChI=1S/C22H25N5O2/c1-12-19(26-22-16(21(24)29)4-3-9-25-22)17-10-14(11-23)5-8-18(17)27(13(2)28)20(12)15-6-7-15/h3-4,8-10,12,14-15,19-20H,5-7H2,1-2H3,(H2,24,29)(H,25,26)/t12-,14?,19-,20-/m1/s1. The number of nitriles is 1. The van der Waals surface area contributed by atoms with Crippen LogP contribution in [-0.4, -0.2) is 33.8 Å². The second kappa shape index (κ2) is 7.36. The summed E-state index contributed by atoms with van der Waals surface area (Å²) in [6.45, 7) is 3.73. The molecule has 1 aromatic heterocycles. The van der Waals surface area contributed by atoms with Gasteiger partial charge in [0.25, 0.3) is 5.91 Å². The molecule has 29 heavy (non-hydrogen) atoms. The predicted molar refractivity (Wildman–Crippen MR) is 108 cm³/mol. The lowest BCUT2D eigenvalue weighted by atomic mass is 9.75. The summed E-state index contributed by atoms with van der Waals surface area (Å²) in [5.41, 5.74) is 7.67. The highest BCUT2D eigenvalue weighted by atomic mass is 16.2. The second-order valence-corrected chi connectivity index (χ2v) is 8.14. The summed E-state index contributed by atoms with van der Waals surface area (Å²) in [5, 5.41) is 12.9. The van der Waals surface area contributed by atoms with Crippen molar-refractivity contribution in [2.75, 3.05) is 5.32 Å². The summed E-state index contributed by atoms with van der Waals surface area (Å²) in [6.07, 6.45) is 8.38. The molecule has 7 nitrogen and oxygen atoms in total. The van der Waals surface area contributed by atoms with Crippen molar-refractivity contribution in [2.24, 2.45) is 23.5 Å². The Labute approximate surface area is 170 Å². The molecule has 0 radical (unpaired) electrons. The van der Waals surface area contributed by atoms with Crippen LogP contribution in [0.4, 0.5) is 5.82 Å². The molecule has 2 fully saturated rings. The van der Waals surface area contributed by atoms with Gasteiger partial charge in [0, 0.05) is 30.8 Å². The number of hydrogen-bond acceptors (Lipinski definition) is 5. The van der Waals surface area contributed by atoms with Gasteiger partial charge in [-0.3, -0.25) is 9.59 Å². The van der Waals surface area contributed by atoms with Gasteiger partial charge in [0.15, 0.2) is 0 Å². The molecule has 150 valence electrons. The topological polar surface area (TPSA) is 112 Å². The van der Waals surface area contributed by atoms with Gasteiger partial charge in [-0.2, -0.15) is 5.26 Å². The Hall–Kier alpha value is -3.14. The summed E-state index contributed by atoms with van der Waals surface area (Å²) < 4.78 is 0. The molecule has 2 amide bonds. The molecule has 2 heterocycles. The van der Waals surface area contributed by atoms with E-state index in [-0.39, 0.29) is 29.8 Å². The first-order valence-electron chi connectivity index (χ1n) is 10.1. The number of aromatic nitrogens is 1. The SMILES string of the molecule is CC(=O)N1C2=CCC(C#N)C=C2[C@H](Nc2ncccc2C(N)=O)[C@@H](C)[C@@H]1C1CC1. The maximum atomic E-state index is 12.6. The number of nitrogens with one attached hydrogen (secondary N) is 1. The fraction of sp³-hybridized carbons (Fsp3) is 0.455. The molecule has 4 atom stereocenters. The number of anilines is 1. The van der Waals surface area contributed by atoms with Gasteiger partial charge >= 0.3 is 0 Å². The van der Waals surface area contributed by atoms with Gasteiger partial charge in [-0.15, -0.1) is 0 Å². The fourth-order valence-corrected chi connectivity index (χ4v) is 4.73. The van der Waals surface area contributed by atoms with Gasteiger partial charge in [-0.05, 0) is 42.9 Å². The van der Waals surface area contributed by atoms with Gasteiger partial charge in [-0.1, -0.05) is 19.1 Å². The minimum absolute atomic E-state index is 0.0235. The summed E-state index contributed by atoms with van der Waals surface area (Å²) in [6, 6.07) is 5.54. The van der Waals surface area contributed by atoms with Crippen LogP contribution >= 0.6 is 0 Å². The van der Waals surface area contributed by atoms with Crippen molar-refractivity contribution in [3.8, 4) is 6.07 Å². The van der Waals surface area contributed by atoms with Crippen molar-refractivity contribution in [3.05, 3.63) is 47.3 Å². The van der Waals surface area contributed by atoms with E-state index in [1.807, 2.05) is 17.1 Å². The Balaban J connectivity index is 1.78. The first-order valence-corrected chi connectivity index (χ1v) is 10.1. The van der Waals surface area contributed by atoms with E-state index in [2.05, 4.69) is 23.3 Å². The Morgan fingerprint density at radius 3 is 2.76 bits per heavy atom. The molecule has 0 aromatic carbocycles. The van der Waals surface area contributed by atoms with Gasteiger partial charge < -0.3 is 16.0 Å². The zero-order chi connectivity index (χ0) is 20.7. The van der Waals surface area contributed by atoms with E-state index >= 15 is 0 Å². The molecule has 0 spiro atoms. The maximum Gasteiger partial charge on any atom is 0.252 e. The number of fused-ring (bicyclic) bond motifs is 1.